The number of methoxy groups -OCH3 is 2. The first kappa shape index (κ1) is 19.4. The van der Waals surface area contributed by atoms with E-state index in [1.807, 2.05) is 18.2 Å². The van der Waals surface area contributed by atoms with Gasteiger partial charge in [0.05, 0.1) is 31.0 Å². The molecule has 2 aromatic carbocycles. The molecule has 0 saturated carbocycles. The number of ether oxygens (including phenoxy) is 2. The van der Waals surface area contributed by atoms with Crippen LogP contribution in [-0.4, -0.2) is 26.2 Å². The molecule has 0 unspecified atom stereocenters. The minimum absolute atomic E-state index is 0.204. The molecule has 25 heavy (non-hydrogen) atoms. The van der Waals surface area contributed by atoms with Crippen LogP contribution in [0, 0.1) is 0 Å². The third-order valence-electron chi connectivity index (χ3n) is 3.64. The van der Waals surface area contributed by atoms with E-state index in [0.717, 1.165) is 5.56 Å². The lowest BCUT2D eigenvalue weighted by molar-refractivity contribution is -0.117. The van der Waals surface area contributed by atoms with Crippen molar-refractivity contribution in [2.45, 2.75) is 19.5 Å². The van der Waals surface area contributed by atoms with Crippen LogP contribution in [0.15, 0.2) is 36.4 Å². The molecule has 7 heteroatoms. The van der Waals surface area contributed by atoms with Crippen molar-refractivity contribution in [3.63, 3.8) is 0 Å². The van der Waals surface area contributed by atoms with Crippen LogP contribution in [0.4, 0.5) is 5.69 Å². The second kappa shape index (κ2) is 8.94. The van der Waals surface area contributed by atoms with E-state index >= 15 is 0 Å². The molecule has 5 nitrogen and oxygen atoms in total. The van der Waals surface area contributed by atoms with Crippen LogP contribution in [0.5, 0.6) is 11.5 Å². The van der Waals surface area contributed by atoms with Gasteiger partial charge in [-0.1, -0.05) is 29.3 Å². The summed E-state index contributed by atoms with van der Waals surface area (Å²) in [5.74, 6) is 1.10. The van der Waals surface area contributed by atoms with Gasteiger partial charge >= 0.3 is 0 Å². The number of amides is 1. The fourth-order valence-corrected chi connectivity index (χ4v) is 2.53. The van der Waals surface area contributed by atoms with Crippen molar-refractivity contribution >= 4 is 34.8 Å². The predicted molar refractivity (Wildman–Crippen MR) is 101 cm³/mol. The Morgan fingerprint density at radius 1 is 1.08 bits per heavy atom. The van der Waals surface area contributed by atoms with Crippen LogP contribution in [-0.2, 0) is 11.3 Å². The molecule has 2 N–H and O–H groups in total. The molecular weight excluding hydrogens is 363 g/mol. The Labute approximate surface area is 157 Å². The fourth-order valence-electron chi connectivity index (χ4n) is 2.19. The van der Waals surface area contributed by atoms with Gasteiger partial charge in [-0.2, -0.15) is 0 Å². The zero-order valence-corrected chi connectivity index (χ0v) is 15.7. The number of carbonyl (C=O) groups excluding carboxylic acids is 1. The Balaban J connectivity index is 1.96. The highest BCUT2D eigenvalue weighted by molar-refractivity contribution is 6.35. The molecular formula is C18H20Cl2N2O3. The average molecular weight is 383 g/mol. The summed E-state index contributed by atoms with van der Waals surface area (Å²) in [4.78, 5) is 12.3. The molecule has 0 saturated heterocycles. The van der Waals surface area contributed by atoms with E-state index in [9.17, 15) is 4.79 Å². The van der Waals surface area contributed by atoms with Gasteiger partial charge in [0.1, 0.15) is 0 Å². The number of halogens is 2. The second-order valence-electron chi connectivity index (χ2n) is 5.41. The third kappa shape index (κ3) is 5.26. The molecule has 0 aliphatic heterocycles. The van der Waals surface area contributed by atoms with E-state index in [1.54, 1.807) is 39.3 Å². The SMILES string of the molecule is COc1ccc(CN[C@H](C)C(=O)Nc2cc(Cl)ccc2Cl)cc1OC. The van der Waals surface area contributed by atoms with Gasteiger partial charge in [0.2, 0.25) is 5.91 Å². The molecule has 1 amide bonds. The smallest absolute Gasteiger partial charge is 0.241 e. The van der Waals surface area contributed by atoms with Crippen LogP contribution in [0.2, 0.25) is 10.0 Å². The molecule has 0 heterocycles. The van der Waals surface area contributed by atoms with Crippen LogP contribution < -0.4 is 20.1 Å². The van der Waals surface area contributed by atoms with E-state index in [4.69, 9.17) is 32.7 Å². The van der Waals surface area contributed by atoms with E-state index in [-0.39, 0.29) is 5.91 Å². The van der Waals surface area contributed by atoms with Crippen molar-refractivity contribution in [3.05, 3.63) is 52.0 Å². The van der Waals surface area contributed by atoms with Crippen molar-refractivity contribution in [3.8, 4) is 11.5 Å². The Hall–Kier alpha value is -1.95. The summed E-state index contributed by atoms with van der Waals surface area (Å²) in [5.41, 5.74) is 1.46. The Morgan fingerprint density at radius 3 is 2.48 bits per heavy atom. The summed E-state index contributed by atoms with van der Waals surface area (Å²) in [5, 5.41) is 6.86. The second-order valence-corrected chi connectivity index (χ2v) is 6.25. The van der Waals surface area contributed by atoms with Crippen molar-refractivity contribution in [2.75, 3.05) is 19.5 Å². The summed E-state index contributed by atoms with van der Waals surface area (Å²) in [6.45, 7) is 2.27. The number of benzene rings is 2. The van der Waals surface area contributed by atoms with E-state index in [0.29, 0.717) is 33.8 Å². The van der Waals surface area contributed by atoms with Gasteiger partial charge in [-0.05, 0) is 42.8 Å². The Kier molecular flexibility index (Phi) is 6.93. The van der Waals surface area contributed by atoms with Crippen LogP contribution in [0.3, 0.4) is 0 Å². The minimum atomic E-state index is -0.428. The highest BCUT2D eigenvalue weighted by Crippen LogP contribution is 2.28. The molecule has 0 aliphatic rings. The maximum absolute atomic E-state index is 12.3. The summed E-state index contributed by atoms with van der Waals surface area (Å²) in [7, 11) is 3.17. The molecule has 134 valence electrons. The Morgan fingerprint density at radius 2 is 1.80 bits per heavy atom. The summed E-state index contributed by atoms with van der Waals surface area (Å²) >= 11 is 12.0. The summed E-state index contributed by atoms with van der Waals surface area (Å²) < 4.78 is 10.5. The number of hydrogen-bond donors (Lipinski definition) is 2. The zero-order valence-electron chi connectivity index (χ0n) is 14.2. The fraction of sp³-hybridized carbons (Fsp3) is 0.278. The lowest BCUT2D eigenvalue weighted by Gasteiger charge is -2.16. The molecule has 0 bridgehead atoms. The van der Waals surface area contributed by atoms with E-state index in [1.165, 1.54) is 0 Å². The molecule has 0 aliphatic carbocycles. The van der Waals surface area contributed by atoms with Crippen LogP contribution in [0.1, 0.15) is 12.5 Å². The van der Waals surface area contributed by atoms with Gasteiger partial charge in [-0.25, -0.2) is 0 Å². The van der Waals surface area contributed by atoms with Crippen LogP contribution >= 0.6 is 23.2 Å². The van der Waals surface area contributed by atoms with Gasteiger partial charge in [0.25, 0.3) is 0 Å². The van der Waals surface area contributed by atoms with Crippen molar-refractivity contribution in [1.82, 2.24) is 5.32 Å². The zero-order chi connectivity index (χ0) is 18.4. The number of hydrogen-bond acceptors (Lipinski definition) is 4. The third-order valence-corrected chi connectivity index (χ3v) is 4.20. The maximum atomic E-state index is 12.3. The highest BCUT2D eigenvalue weighted by atomic mass is 35.5. The topological polar surface area (TPSA) is 59.6 Å². The molecule has 2 rings (SSSR count). The van der Waals surface area contributed by atoms with Crippen molar-refractivity contribution in [2.24, 2.45) is 0 Å². The number of rotatable bonds is 7. The van der Waals surface area contributed by atoms with Crippen molar-refractivity contribution in [1.29, 1.82) is 0 Å². The van der Waals surface area contributed by atoms with Gasteiger partial charge in [0, 0.05) is 11.6 Å². The average Bonchev–Trinajstić information content (AvgIpc) is 2.62. The van der Waals surface area contributed by atoms with E-state index in [2.05, 4.69) is 10.6 Å². The highest BCUT2D eigenvalue weighted by Gasteiger charge is 2.14. The lowest BCUT2D eigenvalue weighted by atomic mass is 10.2. The largest absolute Gasteiger partial charge is 0.493 e. The predicted octanol–water partition coefficient (Wildman–Crippen LogP) is 4.13. The molecule has 2 aromatic rings. The molecule has 0 aromatic heterocycles. The normalized spacial score (nSPS) is 11.7. The van der Waals surface area contributed by atoms with Crippen LogP contribution in [0.25, 0.3) is 0 Å². The summed E-state index contributed by atoms with van der Waals surface area (Å²) in [6.07, 6.45) is 0. The maximum Gasteiger partial charge on any atom is 0.241 e. The number of anilines is 1. The first-order valence-corrected chi connectivity index (χ1v) is 8.40. The van der Waals surface area contributed by atoms with Gasteiger partial charge in [0.15, 0.2) is 11.5 Å². The van der Waals surface area contributed by atoms with E-state index < -0.39 is 6.04 Å². The summed E-state index contributed by atoms with van der Waals surface area (Å²) in [6, 6.07) is 10.1. The molecule has 0 fully saturated rings. The molecule has 1 atom stereocenters. The number of nitrogens with one attached hydrogen (secondary N) is 2. The Bertz CT molecular complexity index is 753. The van der Waals surface area contributed by atoms with Crippen molar-refractivity contribution < 1.29 is 14.3 Å². The molecule has 0 spiro atoms. The van der Waals surface area contributed by atoms with Gasteiger partial charge in [-0.3, -0.25) is 4.79 Å². The first-order chi connectivity index (χ1) is 11.9. The van der Waals surface area contributed by atoms with Gasteiger partial charge in [-0.15, -0.1) is 0 Å². The lowest BCUT2D eigenvalue weighted by Crippen LogP contribution is -2.37. The van der Waals surface area contributed by atoms with Gasteiger partial charge < -0.3 is 20.1 Å². The monoisotopic (exact) mass is 382 g/mol. The standard InChI is InChI=1S/C18H20Cl2N2O3/c1-11(18(23)22-15-9-13(19)5-6-14(15)20)21-10-12-4-7-16(24-2)17(8-12)25-3/h4-9,11,21H,10H2,1-3H3,(H,22,23)/t11-/m1/s1. The quantitative estimate of drug-likeness (QED) is 0.755. The minimum Gasteiger partial charge on any atom is -0.493 e. The first-order valence-electron chi connectivity index (χ1n) is 7.64. The molecule has 0 radical (unpaired) electrons. The number of carbonyl (C=O) groups is 1.